The van der Waals surface area contributed by atoms with Crippen molar-refractivity contribution in [1.82, 2.24) is 9.80 Å². The lowest BCUT2D eigenvalue weighted by atomic mass is 9.96. The summed E-state index contributed by atoms with van der Waals surface area (Å²) < 4.78 is 5.68. The Morgan fingerprint density at radius 2 is 1.74 bits per heavy atom. The number of imide groups is 1. The van der Waals surface area contributed by atoms with Gasteiger partial charge >= 0.3 is 0 Å². The number of likely N-dealkylation sites (tertiary alicyclic amines) is 1. The molecule has 0 aromatic heterocycles. The number of piperidine rings is 1. The summed E-state index contributed by atoms with van der Waals surface area (Å²) in [4.78, 5) is 52.7. The molecule has 1 atom stereocenters. The number of hydrogen-bond acceptors (Lipinski definition) is 5. The fourth-order valence-electron chi connectivity index (χ4n) is 4.40. The van der Waals surface area contributed by atoms with Crippen LogP contribution >= 0.6 is 0 Å². The number of rotatable bonds is 8. The van der Waals surface area contributed by atoms with Gasteiger partial charge in [-0.25, -0.2) is 0 Å². The van der Waals surface area contributed by atoms with Gasteiger partial charge in [0.2, 0.25) is 5.91 Å². The molecular weight excluding hydrogens is 448 g/mol. The Bertz CT molecular complexity index is 1120. The van der Waals surface area contributed by atoms with Crippen LogP contribution in [0.25, 0.3) is 11.1 Å². The zero-order valence-corrected chi connectivity index (χ0v) is 20.9. The Kier molecular flexibility index (Phi) is 6.81. The molecule has 34 heavy (non-hydrogen) atoms. The fourth-order valence-corrected chi connectivity index (χ4v) is 5.15. The summed E-state index contributed by atoms with van der Waals surface area (Å²) in [5.41, 5.74) is 3.81. The number of fused-ring (bicyclic) bond motifs is 1. The predicted molar refractivity (Wildman–Crippen MR) is 131 cm³/mol. The van der Waals surface area contributed by atoms with Crippen LogP contribution < -0.4 is 0 Å². The Labute approximate surface area is 200 Å². The Morgan fingerprint density at radius 3 is 2.41 bits per heavy atom. The number of carbonyl (C=O) groups is 4. The third-order valence-electron chi connectivity index (χ3n) is 6.43. The first kappa shape index (κ1) is 24.0. The van der Waals surface area contributed by atoms with Crippen molar-refractivity contribution in [3.8, 4) is 11.1 Å². The molecule has 1 fully saturated rings. The van der Waals surface area contributed by atoms with Crippen LogP contribution in [0.5, 0.6) is 0 Å². The van der Waals surface area contributed by atoms with Crippen LogP contribution in [-0.2, 0) is 20.9 Å². The summed E-state index contributed by atoms with van der Waals surface area (Å²) in [6.07, 6.45) is 1.31. The molecule has 178 valence electrons. The van der Waals surface area contributed by atoms with Crippen LogP contribution in [0.3, 0.4) is 0 Å². The molecule has 1 saturated heterocycles. The van der Waals surface area contributed by atoms with E-state index in [1.54, 1.807) is 23.1 Å². The van der Waals surface area contributed by atoms with E-state index < -0.39 is 14.1 Å². The third-order valence-corrected chi connectivity index (χ3v) is 8.13. The third kappa shape index (κ3) is 4.88. The quantitative estimate of drug-likeness (QED) is 0.248. The van der Waals surface area contributed by atoms with Crippen LogP contribution in [0, 0.1) is 0 Å². The first-order valence-corrected chi connectivity index (χ1v) is 15.3. The van der Waals surface area contributed by atoms with Crippen molar-refractivity contribution in [2.24, 2.45) is 0 Å². The highest BCUT2D eigenvalue weighted by Crippen LogP contribution is 2.35. The highest BCUT2D eigenvalue weighted by Gasteiger charge is 2.43. The zero-order chi connectivity index (χ0) is 24.5. The van der Waals surface area contributed by atoms with Crippen molar-refractivity contribution in [2.75, 3.05) is 13.3 Å². The number of nitrogens with zero attached hydrogens (tertiary/aromatic N) is 2. The van der Waals surface area contributed by atoms with Crippen LogP contribution in [0.2, 0.25) is 25.7 Å². The summed E-state index contributed by atoms with van der Waals surface area (Å²) >= 11 is 0. The number of carbonyl (C=O) groups excluding carboxylic acids is 4. The van der Waals surface area contributed by atoms with Crippen LogP contribution in [0.4, 0.5) is 0 Å². The van der Waals surface area contributed by atoms with Crippen molar-refractivity contribution < 1.29 is 23.9 Å². The van der Waals surface area contributed by atoms with Gasteiger partial charge in [0.25, 0.3) is 11.8 Å². The van der Waals surface area contributed by atoms with Crippen molar-refractivity contribution in [3.05, 3.63) is 59.2 Å². The van der Waals surface area contributed by atoms with Crippen molar-refractivity contribution >= 4 is 32.1 Å². The van der Waals surface area contributed by atoms with E-state index in [2.05, 4.69) is 19.6 Å². The maximum absolute atomic E-state index is 13.3. The molecule has 0 spiro atoms. The van der Waals surface area contributed by atoms with Crippen molar-refractivity contribution in [1.29, 1.82) is 0 Å². The molecule has 2 aliphatic heterocycles. The second-order valence-electron chi connectivity index (χ2n) is 10.1. The molecule has 7 nitrogen and oxygen atoms in total. The molecule has 0 aliphatic carbocycles. The van der Waals surface area contributed by atoms with Gasteiger partial charge in [-0.15, -0.1) is 0 Å². The lowest BCUT2D eigenvalue weighted by molar-refractivity contribution is -0.158. The van der Waals surface area contributed by atoms with Gasteiger partial charge in [0, 0.05) is 38.8 Å². The molecule has 2 aliphatic rings. The van der Waals surface area contributed by atoms with E-state index in [1.807, 2.05) is 24.3 Å². The van der Waals surface area contributed by atoms with E-state index in [4.69, 9.17) is 4.74 Å². The average molecular weight is 479 g/mol. The normalized spacial score (nSPS) is 18.4. The standard InChI is InChI=1S/C26H30N2O5Si/c1-34(2,3)14-13-33-17-28-24(30)12-11-23(26(28)32)27-15-22-20(5-4-6-21(22)25(27)31)19-9-7-18(16-29)8-10-19/h4-10,16,23H,11-15,17H2,1-3H3. The zero-order valence-electron chi connectivity index (χ0n) is 19.9. The lowest BCUT2D eigenvalue weighted by Gasteiger charge is -2.35. The number of hydrogen-bond donors (Lipinski definition) is 0. The highest BCUT2D eigenvalue weighted by molar-refractivity contribution is 6.76. The minimum absolute atomic E-state index is 0.0675. The van der Waals surface area contributed by atoms with E-state index in [-0.39, 0.29) is 30.9 Å². The second kappa shape index (κ2) is 9.64. The first-order chi connectivity index (χ1) is 16.2. The molecule has 0 saturated carbocycles. The predicted octanol–water partition coefficient (Wildman–Crippen LogP) is 3.95. The van der Waals surface area contributed by atoms with E-state index in [1.165, 1.54) is 0 Å². The molecule has 0 N–H and O–H groups in total. The topological polar surface area (TPSA) is 84.0 Å². The van der Waals surface area contributed by atoms with Gasteiger partial charge in [0.05, 0.1) is 0 Å². The van der Waals surface area contributed by atoms with Gasteiger partial charge in [0.1, 0.15) is 19.1 Å². The van der Waals surface area contributed by atoms with E-state index in [0.717, 1.165) is 33.9 Å². The molecule has 2 aromatic rings. The van der Waals surface area contributed by atoms with Gasteiger partial charge in [-0.3, -0.25) is 24.1 Å². The molecule has 0 bridgehead atoms. The number of amides is 3. The smallest absolute Gasteiger partial charge is 0.255 e. The summed E-state index contributed by atoms with van der Waals surface area (Å²) in [5.74, 6) is -0.828. The fraction of sp³-hybridized carbons (Fsp3) is 0.385. The molecule has 2 aromatic carbocycles. The van der Waals surface area contributed by atoms with E-state index in [0.29, 0.717) is 30.7 Å². The summed E-state index contributed by atoms with van der Waals surface area (Å²) in [6.45, 7) is 7.47. The highest BCUT2D eigenvalue weighted by atomic mass is 28.3. The molecule has 0 radical (unpaired) electrons. The maximum Gasteiger partial charge on any atom is 0.255 e. The van der Waals surface area contributed by atoms with Crippen LogP contribution in [0.1, 0.15) is 39.1 Å². The van der Waals surface area contributed by atoms with Gasteiger partial charge in [-0.05, 0) is 35.2 Å². The van der Waals surface area contributed by atoms with Crippen LogP contribution in [0.15, 0.2) is 42.5 Å². The van der Waals surface area contributed by atoms with Gasteiger partial charge in [0.15, 0.2) is 0 Å². The first-order valence-electron chi connectivity index (χ1n) is 11.6. The minimum atomic E-state index is -1.28. The summed E-state index contributed by atoms with van der Waals surface area (Å²) in [7, 11) is -1.28. The number of benzene rings is 2. The largest absolute Gasteiger partial charge is 0.361 e. The lowest BCUT2D eigenvalue weighted by Crippen LogP contribution is -2.55. The summed E-state index contributed by atoms with van der Waals surface area (Å²) in [6, 6.07) is 13.0. The Hall–Kier alpha value is -3.10. The number of ether oxygens (including phenoxy) is 1. The summed E-state index contributed by atoms with van der Waals surface area (Å²) in [5, 5.41) is 0. The Balaban J connectivity index is 1.51. The molecule has 8 heteroatoms. The molecule has 4 rings (SSSR count). The molecular formula is C26H30N2O5Si. The minimum Gasteiger partial charge on any atom is -0.361 e. The number of aldehydes is 1. The van der Waals surface area contributed by atoms with Gasteiger partial charge in [-0.2, -0.15) is 0 Å². The average Bonchev–Trinajstić information content (AvgIpc) is 3.14. The van der Waals surface area contributed by atoms with Crippen molar-refractivity contribution in [3.63, 3.8) is 0 Å². The molecule has 1 unspecified atom stereocenters. The SMILES string of the molecule is C[Si](C)(C)CCOCN1C(=O)CCC(N2Cc3c(cccc3-c3ccc(C=O)cc3)C2=O)C1=O. The van der Waals surface area contributed by atoms with Gasteiger partial charge in [-0.1, -0.05) is 56.0 Å². The van der Waals surface area contributed by atoms with Crippen LogP contribution in [-0.4, -0.2) is 61.3 Å². The maximum atomic E-state index is 13.3. The molecule has 2 heterocycles. The second-order valence-corrected chi connectivity index (χ2v) is 15.7. The Morgan fingerprint density at radius 1 is 1.03 bits per heavy atom. The molecule has 3 amide bonds. The monoisotopic (exact) mass is 478 g/mol. The van der Waals surface area contributed by atoms with E-state index in [9.17, 15) is 19.2 Å². The van der Waals surface area contributed by atoms with Gasteiger partial charge < -0.3 is 9.64 Å². The van der Waals surface area contributed by atoms with E-state index >= 15 is 0 Å². The van der Waals surface area contributed by atoms with Crippen molar-refractivity contribution in [2.45, 2.75) is 51.1 Å².